The van der Waals surface area contributed by atoms with Crippen molar-refractivity contribution in [1.82, 2.24) is 5.16 Å². The number of fused-ring (bicyclic) bond motifs is 5. The first kappa shape index (κ1) is 14.0. The maximum Gasteiger partial charge on any atom is 0.239 e. The minimum atomic E-state index is -0.196. The van der Waals surface area contributed by atoms with Gasteiger partial charge < -0.3 is 4.52 Å². The second-order valence-electron chi connectivity index (χ2n) is 7.27. The maximum absolute atomic E-state index is 13.0. The van der Waals surface area contributed by atoms with E-state index >= 15 is 0 Å². The average molecular weight is 322 g/mol. The Hall–Kier alpha value is -2.43. The van der Waals surface area contributed by atoms with Crippen LogP contribution in [0.15, 0.2) is 40.9 Å². The summed E-state index contributed by atoms with van der Waals surface area (Å²) >= 11 is 0. The first-order valence-corrected chi connectivity index (χ1v) is 8.51. The van der Waals surface area contributed by atoms with Gasteiger partial charge in [-0.2, -0.15) is 0 Å². The molecule has 0 N–H and O–H groups in total. The summed E-state index contributed by atoms with van der Waals surface area (Å²) in [6, 6.07) is 12.0. The SMILES string of the molecule is Cc1cc(N2C(=O)[C@H]3[C@@H]4C[C@@H]([C@@H]3C2=O)[C@H](c2ccccc2)C4)no1. The number of aryl methyl sites for hydroxylation is 1. The first-order valence-electron chi connectivity index (χ1n) is 8.51. The largest absolute Gasteiger partial charge is 0.360 e. The summed E-state index contributed by atoms with van der Waals surface area (Å²) in [5.74, 6) is 1.35. The van der Waals surface area contributed by atoms with Gasteiger partial charge in [0.2, 0.25) is 11.8 Å². The molecule has 5 nitrogen and oxygen atoms in total. The Labute approximate surface area is 139 Å². The number of amides is 2. The lowest BCUT2D eigenvalue weighted by atomic mass is 9.73. The Bertz CT molecular complexity index is 828. The highest BCUT2D eigenvalue weighted by atomic mass is 16.5. The smallest absolute Gasteiger partial charge is 0.239 e. The zero-order valence-electron chi connectivity index (χ0n) is 13.4. The first-order chi connectivity index (χ1) is 11.6. The van der Waals surface area contributed by atoms with Gasteiger partial charge in [-0.1, -0.05) is 35.5 Å². The molecule has 1 aromatic heterocycles. The predicted molar refractivity (Wildman–Crippen MR) is 86.1 cm³/mol. The van der Waals surface area contributed by atoms with Crippen LogP contribution in [0.2, 0.25) is 0 Å². The normalized spacial score (nSPS) is 34.2. The Morgan fingerprint density at radius 2 is 1.83 bits per heavy atom. The summed E-state index contributed by atoms with van der Waals surface area (Å²) in [4.78, 5) is 27.1. The van der Waals surface area contributed by atoms with Crippen LogP contribution in [0, 0.1) is 30.6 Å². The van der Waals surface area contributed by atoms with E-state index < -0.39 is 0 Å². The highest BCUT2D eigenvalue weighted by molar-refractivity contribution is 6.22. The van der Waals surface area contributed by atoms with Crippen molar-refractivity contribution in [2.75, 3.05) is 4.90 Å². The number of imide groups is 1. The lowest BCUT2D eigenvalue weighted by Gasteiger charge is -2.28. The molecule has 1 aliphatic heterocycles. The van der Waals surface area contributed by atoms with E-state index in [1.54, 1.807) is 13.0 Å². The van der Waals surface area contributed by atoms with Crippen molar-refractivity contribution >= 4 is 17.6 Å². The lowest BCUT2D eigenvalue weighted by Crippen LogP contribution is -2.33. The van der Waals surface area contributed by atoms with Crippen molar-refractivity contribution in [2.24, 2.45) is 23.7 Å². The maximum atomic E-state index is 13.0. The molecule has 0 radical (unpaired) electrons. The number of aromatic nitrogens is 1. The van der Waals surface area contributed by atoms with Gasteiger partial charge in [0.1, 0.15) is 5.76 Å². The minimum Gasteiger partial charge on any atom is -0.360 e. The van der Waals surface area contributed by atoms with E-state index in [4.69, 9.17) is 4.52 Å². The fraction of sp³-hybridized carbons (Fsp3) is 0.421. The molecule has 2 aromatic rings. The molecule has 2 saturated carbocycles. The van der Waals surface area contributed by atoms with E-state index in [-0.39, 0.29) is 29.6 Å². The fourth-order valence-corrected chi connectivity index (χ4v) is 5.23. The van der Waals surface area contributed by atoms with Crippen LogP contribution >= 0.6 is 0 Å². The quantitative estimate of drug-likeness (QED) is 0.798. The van der Waals surface area contributed by atoms with Gasteiger partial charge in [-0.15, -0.1) is 0 Å². The summed E-state index contributed by atoms with van der Waals surface area (Å²) in [6.07, 6.45) is 1.98. The summed E-state index contributed by atoms with van der Waals surface area (Å²) < 4.78 is 5.06. The highest BCUT2D eigenvalue weighted by Crippen LogP contribution is 2.61. The summed E-state index contributed by atoms with van der Waals surface area (Å²) in [5.41, 5.74) is 1.29. The van der Waals surface area contributed by atoms with Gasteiger partial charge in [-0.3, -0.25) is 9.59 Å². The molecule has 1 saturated heterocycles. The van der Waals surface area contributed by atoms with Crippen LogP contribution < -0.4 is 4.90 Å². The predicted octanol–water partition coefficient (Wildman–Crippen LogP) is 2.91. The molecule has 5 rings (SSSR count). The molecular formula is C19H18N2O3. The third kappa shape index (κ3) is 1.72. The monoisotopic (exact) mass is 322 g/mol. The highest BCUT2D eigenvalue weighted by Gasteiger charge is 2.64. The lowest BCUT2D eigenvalue weighted by molar-refractivity contribution is -0.123. The molecule has 3 fully saturated rings. The molecular weight excluding hydrogens is 304 g/mol. The summed E-state index contributed by atoms with van der Waals surface area (Å²) in [7, 11) is 0. The van der Waals surface area contributed by atoms with Gasteiger partial charge >= 0.3 is 0 Å². The number of hydrogen-bond donors (Lipinski definition) is 0. The van der Waals surface area contributed by atoms with E-state index in [1.165, 1.54) is 10.5 Å². The Kier molecular flexibility index (Phi) is 2.78. The van der Waals surface area contributed by atoms with Crippen molar-refractivity contribution < 1.29 is 14.1 Å². The van der Waals surface area contributed by atoms with Crippen molar-refractivity contribution in [1.29, 1.82) is 0 Å². The molecule has 3 aliphatic rings. The molecule has 24 heavy (non-hydrogen) atoms. The van der Waals surface area contributed by atoms with Crippen LogP contribution in [0.5, 0.6) is 0 Å². The molecule has 5 atom stereocenters. The van der Waals surface area contributed by atoms with Crippen molar-refractivity contribution in [2.45, 2.75) is 25.7 Å². The third-order valence-electron chi connectivity index (χ3n) is 6.09. The second-order valence-corrected chi connectivity index (χ2v) is 7.27. The topological polar surface area (TPSA) is 63.4 Å². The Balaban J connectivity index is 1.50. The van der Waals surface area contributed by atoms with E-state index in [1.807, 2.05) is 18.2 Å². The number of carbonyl (C=O) groups excluding carboxylic acids is 2. The molecule has 5 heteroatoms. The number of benzene rings is 1. The van der Waals surface area contributed by atoms with Crippen molar-refractivity contribution in [3.63, 3.8) is 0 Å². The Morgan fingerprint density at radius 1 is 1.08 bits per heavy atom. The number of carbonyl (C=O) groups is 2. The standard InChI is InChI=1S/C19H18N2O3/c1-10-7-15(20-24-10)21-18(22)16-12-8-13(11-5-3-2-4-6-11)14(9-12)17(16)19(21)23/h2-7,12-14,16-17H,8-9H2,1H3/t12-,13-,14+,16-,17-/m0/s1. The number of hydrogen-bond acceptors (Lipinski definition) is 4. The van der Waals surface area contributed by atoms with E-state index in [0.29, 0.717) is 23.4 Å². The van der Waals surface area contributed by atoms with E-state index in [0.717, 1.165) is 12.8 Å². The molecule has 2 heterocycles. The second kappa shape index (κ2) is 4.79. The number of rotatable bonds is 2. The van der Waals surface area contributed by atoms with Gasteiger partial charge in [0, 0.05) is 6.07 Å². The average Bonchev–Trinajstić information content (AvgIpc) is 3.32. The number of nitrogens with zero attached hydrogens (tertiary/aromatic N) is 2. The molecule has 2 aliphatic carbocycles. The van der Waals surface area contributed by atoms with Gasteiger partial charge in [-0.05, 0) is 43.1 Å². The van der Waals surface area contributed by atoms with Crippen LogP contribution in [0.3, 0.4) is 0 Å². The molecule has 2 amide bonds. The van der Waals surface area contributed by atoms with Crippen LogP contribution in [-0.4, -0.2) is 17.0 Å². The van der Waals surface area contributed by atoms with Gasteiger partial charge in [-0.25, -0.2) is 4.90 Å². The third-order valence-corrected chi connectivity index (χ3v) is 6.09. The Morgan fingerprint density at radius 3 is 2.54 bits per heavy atom. The molecule has 1 aromatic carbocycles. The molecule has 0 spiro atoms. The summed E-state index contributed by atoms with van der Waals surface area (Å²) in [5, 5.41) is 3.88. The molecule has 122 valence electrons. The van der Waals surface area contributed by atoms with Crippen LogP contribution in [0.25, 0.3) is 0 Å². The van der Waals surface area contributed by atoms with Crippen LogP contribution in [0.1, 0.15) is 30.1 Å². The molecule has 2 bridgehead atoms. The van der Waals surface area contributed by atoms with Gasteiger partial charge in [0.25, 0.3) is 0 Å². The van der Waals surface area contributed by atoms with Crippen molar-refractivity contribution in [3.05, 3.63) is 47.7 Å². The number of anilines is 1. The molecule has 0 unspecified atom stereocenters. The van der Waals surface area contributed by atoms with Crippen LogP contribution in [-0.2, 0) is 9.59 Å². The zero-order valence-corrected chi connectivity index (χ0v) is 13.4. The van der Waals surface area contributed by atoms with Gasteiger partial charge in [0.15, 0.2) is 5.82 Å². The van der Waals surface area contributed by atoms with E-state index in [2.05, 4.69) is 17.3 Å². The zero-order chi connectivity index (χ0) is 16.4. The van der Waals surface area contributed by atoms with E-state index in [9.17, 15) is 9.59 Å². The van der Waals surface area contributed by atoms with Gasteiger partial charge in [0.05, 0.1) is 11.8 Å². The summed E-state index contributed by atoms with van der Waals surface area (Å²) in [6.45, 7) is 1.76. The minimum absolute atomic E-state index is 0.0858. The van der Waals surface area contributed by atoms with Crippen molar-refractivity contribution in [3.8, 4) is 0 Å². The fourth-order valence-electron chi connectivity index (χ4n) is 5.23. The van der Waals surface area contributed by atoms with Crippen LogP contribution in [0.4, 0.5) is 5.82 Å².